The number of amides is 1. The van der Waals surface area contributed by atoms with E-state index in [9.17, 15) is 9.59 Å². The number of rotatable bonds is 5. The fourth-order valence-corrected chi connectivity index (χ4v) is 2.60. The second kappa shape index (κ2) is 7.63. The number of ether oxygens (including phenoxy) is 2. The normalized spacial score (nSPS) is 12.7. The van der Waals surface area contributed by atoms with Crippen molar-refractivity contribution in [1.82, 2.24) is 14.9 Å². The highest BCUT2D eigenvalue weighted by atomic mass is 16.6. The molecule has 0 radical (unpaired) electrons. The van der Waals surface area contributed by atoms with Gasteiger partial charge in [0.2, 0.25) is 0 Å². The molecule has 0 spiro atoms. The molecule has 0 aliphatic heterocycles. The Hall–Kier alpha value is -2.77. The molecule has 0 bridgehead atoms. The van der Waals surface area contributed by atoms with Gasteiger partial charge >= 0.3 is 12.1 Å². The minimum absolute atomic E-state index is 0.332. The predicted molar refractivity (Wildman–Crippen MR) is 98.6 cm³/mol. The average Bonchev–Trinajstić information content (AvgIpc) is 2.84. The summed E-state index contributed by atoms with van der Waals surface area (Å²) in [6.07, 6.45) is 0.143. The SMILES string of the molecule is COC(=O)C(CCc1nc2cc(N)ccc2n1C)NC(=O)OC(C)(C)C. The van der Waals surface area contributed by atoms with E-state index in [2.05, 4.69) is 10.3 Å². The molecule has 2 aromatic rings. The van der Waals surface area contributed by atoms with Crippen LogP contribution in [0.15, 0.2) is 18.2 Å². The first-order chi connectivity index (χ1) is 12.1. The molecular formula is C18H26N4O4. The van der Waals surface area contributed by atoms with Crippen LogP contribution in [0.25, 0.3) is 11.0 Å². The lowest BCUT2D eigenvalue weighted by atomic mass is 10.1. The number of alkyl carbamates (subject to hydrolysis) is 1. The van der Waals surface area contributed by atoms with Gasteiger partial charge in [-0.3, -0.25) is 0 Å². The third kappa shape index (κ3) is 4.87. The number of carbonyl (C=O) groups is 2. The largest absolute Gasteiger partial charge is 0.467 e. The Morgan fingerprint density at radius 2 is 2.04 bits per heavy atom. The monoisotopic (exact) mass is 362 g/mol. The summed E-state index contributed by atoms with van der Waals surface area (Å²) in [5, 5.41) is 2.56. The molecule has 8 nitrogen and oxygen atoms in total. The van der Waals surface area contributed by atoms with Crippen LogP contribution in [0, 0.1) is 0 Å². The predicted octanol–water partition coefficient (Wildman–Crippen LogP) is 2.15. The lowest BCUT2D eigenvalue weighted by molar-refractivity contribution is -0.143. The van der Waals surface area contributed by atoms with Gasteiger partial charge in [0.1, 0.15) is 17.5 Å². The van der Waals surface area contributed by atoms with Crippen LogP contribution in [0.2, 0.25) is 0 Å². The summed E-state index contributed by atoms with van der Waals surface area (Å²) >= 11 is 0. The van der Waals surface area contributed by atoms with Gasteiger partial charge in [-0.1, -0.05) is 0 Å². The summed E-state index contributed by atoms with van der Waals surface area (Å²) in [4.78, 5) is 28.5. The minimum atomic E-state index is -0.820. The Balaban J connectivity index is 2.11. The molecular weight excluding hydrogens is 336 g/mol. The van der Waals surface area contributed by atoms with Crippen LogP contribution in [0.3, 0.4) is 0 Å². The van der Waals surface area contributed by atoms with Gasteiger partial charge in [-0.05, 0) is 45.4 Å². The van der Waals surface area contributed by atoms with Gasteiger partial charge in [0.05, 0.1) is 18.1 Å². The maximum Gasteiger partial charge on any atom is 0.408 e. The third-order valence-corrected chi connectivity index (χ3v) is 3.83. The Labute approximate surface area is 152 Å². The number of benzene rings is 1. The van der Waals surface area contributed by atoms with Crippen molar-refractivity contribution in [3.63, 3.8) is 0 Å². The molecule has 1 amide bonds. The van der Waals surface area contributed by atoms with Crippen LogP contribution in [0.5, 0.6) is 0 Å². The van der Waals surface area contributed by atoms with E-state index in [1.54, 1.807) is 26.8 Å². The lowest BCUT2D eigenvalue weighted by Gasteiger charge is -2.22. The zero-order chi connectivity index (χ0) is 19.5. The number of carbonyl (C=O) groups excluding carboxylic acids is 2. The molecule has 1 heterocycles. The van der Waals surface area contributed by atoms with Crippen molar-refractivity contribution in [2.45, 2.75) is 45.3 Å². The molecule has 3 N–H and O–H groups in total. The van der Waals surface area contributed by atoms with Crippen molar-refractivity contribution in [2.24, 2.45) is 7.05 Å². The maximum atomic E-state index is 12.0. The highest BCUT2D eigenvalue weighted by molar-refractivity contribution is 5.81. The molecule has 0 saturated carbocycles. The van der Waals surface area contributed by atoms with Crippen molar-refractivity contribution in [3.8, 4) is 0 Å². The number of nitrogens with two attached hydrogens (primary N) is 1. The number of methoxy groups -OCH3 is 1. The van der Waals surface area contributed by atoms with E-state index in [4.69, 9.17) is 15.2 Å². The molecule has 1 aromatic carbocycles. The number of imidazole rings is 1. The van der Waals surface area contributed by atoms with Crippen molar-refractivity contribution >= 4 is 28.8 Å². The third-order valence-electron chi connectivity index (χ3n) is 3.83. The van der Waals surface area contributed by atoms with E-state index in [1.165, 1.54) is 7.11 Å². The topological polar surface area (TPSA) is 108 Å². The van der Waals surface area contributed by atoms with Gasteiger partial charge in [-0.25, -0.2) is 14.6 Å². The summed E-state index contributed by atoms with van der Waals surface area (Å²) in [7, 11) is 3.18. The number of hydrogen-bond acceptors (Lipinski definition) is 6. The standard InChI is InChI=1S/C18H26N4O4/c1-18(2,3)26-17(24)21-12(16(23)25-5)7-9-15-20-13-10-11(19)6-8-14(13)22(15)4/h6,8,10,12H,7,9,19H2,1-5H3,(H,21,24). The van der Waals surface area contributed by atoms with Crippen LogP contribution in [-0.4, -0.2) is 40.4 Å². The van der Waals surface area contributed by atoms with Gasteiger partial charge in [-0.15, -0.1) is 0 Å². The highest BCUT2D eigenvalue weighted by Crippen LogP contribution is 2.19. The van der Waals surface area contributed by atoms with Gasteiger partial charge in [0.15, 0.2) is 0 Å². The molecule has 1 aromatic heterocycles. The fraction of sp³-hybridized carbons (Fsp3) is 0.500. The molecule has 1 unspecified atom stereocenters. The fourth-order valence-electron chi connectivity index (χ4n) is 2.60. The first kappa shape index (κ1) is 19.6. The van der Waals surface area contributed by atoms with E-state index in [1.807, 2.05) is 23.7 Å². The molecule has 142 valence electrons. The van der Waals surface area contributed by atoms with Crippen LogP contribution in [-0.2, 0) is 27.7 Å². The van der Waals surface area contributed by atoms with Crippen LogP contribution >= 0.6 is 0 Å². The number of anilines is 1. The number of nitrogens with zero attached hydrogens (tertiary/aromatic N) is 2. The molecule has 1 atom stereocenters. The van der Waals surface area contributed by atoms with E-state index in [-0.39, 0.29) is 0 Å². The van der Waals surface area contributed by atoms with Crippen molar-refractivity contribution in [3.05, 3.63) is 24.0 Å². The summed E-state index contributed by atoms with van der Waals surface area (Å²) in [6, 6.07) is 4.70. The number of aryl methyl sites for hydroxylation is 2. The number of aromatic nitrogens is 2. The zero-order valence-corrected chi connectivity index (χ0v) is 15.8. The van der Waals surface area contributed by atoms with Crippen LogP contribution < -0.4 is 11.1 Å². The van der Waals surface area contributed by atoms with Crippen molar-refractivity contribution in [1.29, 1.82) is 0 Å². The van der Waals surface area contributed by atoms with Gasteiger partial charge < -0.3 is 25.1 Å². The second-order valence-corrected chi connectivity index (χ2v) is 7.10. The summed E-state index contributed by atoms with van der Waals surface area (Å²) in [6.45, 7) is 5.26. The Morgan fingerprint density at radius 1 is 1.35 bits per heavy atom. The second-order valence-electron chi connectivity index (χ2n) is 7.10. The van der Waals surface area contributed by atoms with E-state index in [0.717, 1.165) is 16.9 Å². The Kier molecular flexibility index (Phi) is 5.74. The quantitative estimate of drug-likeness (QED) is 0.623. The molecule has 0 aliphatic rings. The van der Waals surface area contributed by atoms with E-state index >= 15 is 0 Å². The van der Waals surface area contributed by atoms with E-state index < -0.39 is 23.7 Å². The lowest BCUT2D eigenvalue weighted by Crippen LogP contribution is -2.44. The zero-order valence-electron chi connectivity index (χ0n) is 15.8. The molecule has 0 aliphatic carbocycles. The van der Waals surface area contributed by atoms with E-state index in [0.29, 0.717) is 18.5 Å². The molecule has 8 heteroatoms. The first-order valence-corrected chi connectivity index (χ1v) is 8.39. The van der Waals surface area contributed by atoms with Crippen LogP contribution in [0.4, 0.5) is 10.5 Å². The van der Waals surface area contributed by atoms with Gasteiger partial charge in [0.25, 0.3) is 0 Å². The first-order valence-electron chi connectivity index (χ1n) is 8.39. The highest BCUT2D eigenvalue weighted by Gasteiger charge is 2.25. The number of esters is 1. The molecule has 26 heavy (non-hydrogen) atoms. The Morgan fingerprint density at radius 3 is 2.65 bits per heavy atom. The smallest absolute Gasteiger partial charge is 0.408 e. The van der Waals surface area contributed by atoms with Crippen molar-refractivity contribution < 1.29 is 19.1 Å². The number of fused-ring (bicyclic) bond motifs is 1. The summed E-state index contributed by atoms with van der Waals surface area (Å²) < 4.78 is 11.9. The molecule has 0 fully saturated rings. The number of hydrogen-bond donors (Lipinski definition) is 2. The summed E-state index contributed by atoms with van der Waals surface area (Å²) in [5.41, 5.74) is 7.52. The van der Waals surface area contributed by atoms with Crippen LogP contribution in [0.1, 0.15) is 33.0 Å². The minimum Gasteiger partial charge on any atom is -0.467 e. The van der Waals surface area contributed by atoms with Gasteiger partial charge in [0, 0.05) is 19.2 Å². The molecule has 0 saturated heterocycles. The van der Waals surface area contributed by atoms with Crippen molar-refractivity contribution in [2.75, 3.05) is 12.8 Å². The summed E-state index contributed by atoms with van der Waals surface area (Å²) in [5.74, 6) is 0.254. The van der Waals surface area contributed by atoms with Gasteiger partial charge in [-0.2, -0.15) is 0 Å². The molecule has 2 rings (SSSR count). The number of nitrogens with one attached hydrogen (secondary N) is 1. The maximum absolute atomic E-state index is 12.0. The number of nitrogen functional groups attached to an aromatic ring is 1. The average molecular weight is 362 g/mol. The Bertz CT molecular complexity index is 807.